The van der Waals surface area contributed by atoms with Gasteiger partial charge in [0.05, 0.1) is 19.8 Å². The van der Waals surface area contributed by atoms with Gasteiger partial charge in [0.25, 0.3) is 0 Å². The summed E-state index contributed by atoms with van der Waals surface area (Å²) in [7, 11) is 1.30. The van der Waals surface area contributed by atoms with Gasteiger partial charge in [0.2, 0.25) is 0 Å². The predicted octanol–water partition coefficient (Wildman–Crippen LogP) is 3.48. The molecule has 0 fully saturated rings. The SMILES string of the molecule is COC(=O)Cc1cscc1OC(=O)c1cc2ccoc2c(Cl)n1. The molecular weight excluding hydrogens is 342 g/mol. The molecule has 0 saturated heterocycles. The van der Waals surface area contributed by atoms with Crippen LogP contribution in [0.1, 0.15) is 16.1 Å². The number of esters is 2. The van der Waals surface area contributed by atoms with Gasteiger partial charge >= 0.3 is 11.9 Å². The van der Waals surface area contributed by atoms with Crippen LogP contribution in [0.2, 0.25) is 5.15 Å². The summed E-state index contributed by atoms with van der Waals surface area (Å²) >= 11 is 7.29. The number of fused-ring (bicyclic) bond motifs is 1. The third-order valence-corrected chi connectivity index (χ3v) is 4.10. The lowest BCUT2D eigenvalue weighted by Gasteiger charge is -2.05. The molecule has 0 unspecified atom stereocenters. The highest BCUT2D eigenvalue weighted by Gasteiger charge is 2.18. The normalized spacial score (nSPS) is 10.7. The Balaban J connectivity index is 1.83. The van der Waals surface area contributed by atoms with Crippen LogP contribution in [-0.2, 0) is 16.0 Å². The number of ether oxygens (including phenoxy) is 2. The van der Waals surface area contributed by atoms with E-state index in [2.05, 4.69) is 9.72 Å². The van der Waals surface area contributed by atoms with Crippen molar-refractivity contribution in [3.63, 3.8) is 0 Å². The minimum absolute atomic E-state index is 0.0254. The van der Waals surface area contributed by atoms with Crippen LogP contribution in [0.25, 0.3) is 11.0 Å². The molecule has 3 aromatic rings. The molecule has 0 bridgehead atoms. The van der Waals surface area contributed by atoms with Crippen molar-refractivity contribution in [2.45, 2.75) is 6.42 Å². The van der Waals surface area contributed by atoms with E-state index >= 15 is 0 Å². The molecule has 6 nitrogen and oxygen atoms in total. The summed E-state index contributed by atoms with van der Waals surface area (Å²) in [4.78, 5) is 27.6. The number of methoxy groups -OCH3 is 1. The van der Waals surface area contributed by atoms with Gasteiger partial charge in [-0.3, -0.25) is 4.79 Å². The molecule has 3 heterocycles. The number of carbonyl (C=O) groups excluding carboxylic acids is 2. The molecule has 3 rings (SSSR count). The van der Waals surface area contributed by atoms with Gasteiger partial charge in [-0.1, -0.05) is 11.6 Å². The van der Waals surface area contributed by atoms with Crippen molar-refractivity contribution in [3.8, 4) is 5.75 Å². The summed E-state index contributed by atoms with van der Waals surface area (Å²) in [6.07, 6.45) is 1.48. The first-order valence-electron chi connectivity index (χ1n) is 6.46. The lowest BCUT2D eigenvalue weighted by molar-refractivity contribution is -0.139. The van der Waals surface area contributed by atoms with E-state index in [1.54, 1.807) is 16.8 Å². The van der Waals surface area contributed by atoms with Crippen LogP contribution in [-0.4, -0.2) is 24.0 Å². The lowest BCUT2D eigenvalue weighted by Crippen LogP contribution is -2.12. The highest BCUT2D eigenvalue weighted by atomic mass is 35.5. The van der Waals surface area contributed by atoms with Crippen molar-refractivity contribution in [2.24, 2.45) is 0 Å². The monoisotopic (exact) mass is 351 g/mol. The fraction of sp³-hybridized carbons (Fsp3) is 0.133. The Kier molecular flexibility index (Phi) is 4.31. The molecule has 118 valence electrons. The van der Waals surface area contributed by atoms with Crippen molar-refractivity contribution in [2.75, 3.05) is 7.11 Å². The van der Waals surface area contributed by atoms with E-state index in [-0.39, 0.29) is 17.3 Å². The van der Waals surface area contributed by atoms with Crippen molar-refractivity contribution in [3.05, 3.63) is 45.6 Å². The molecule has 3 aromatic heterocycles. The van der Waals surface area contributed by atoms with Crippen LogP contribution in [0, 0.1) is 0 Å². The lowest BCUT2D eigenvalue weighted by atomic mass is 10.2. The molecule has 23 heavy (non-hydrogen) atoms. The molecule has 0 amide bonds. The van der Waals surface area contributed by atoms with Crippen LogP contribution in [0.3, 0.4) is 0 Å². The zero-order valence-corrected chi connectivity index (χ0v) is 13.4. The molecule has 0 aliphatic carbocycles. The van der Waals surface area contributed by atoms with E-state index in [0.717, 1.165) is 0 Å². The second-order valence-corrected chi connectivity index (χ2v) is 5.64. The van der Waals surface area contributed by atoms with Gasteiger partial charge in [0.15, 0.2) is 16.4 Å². The summed E-state index contributed by atoms with van der Waals surface area (Å²) in [5, 5.41) is 4.09. The van der Waals surface area contributed by atoms with Gasteiger partial charge in [-0.15, -0.1) is 11.3 Å². The first kappa shape index (κ1) is 15.5. The quantitative estimate of drug-likeness (QED) is 0.529. The number of thiophene rings is 1. The number of aromatic nitrogens is 1. The minimum atomic E-state index is -0.667. The number of nitrogens with zero attached hydrogens (tertiary/aromatic N) is 1. The third-order valence-electron chi connectivity index (χ3n) is 3.07. The van der Waals surface area contributed by atoms with Crippen LogP contribution in [0.15, 0.2) is 33.6 Å². The molecule has 0 atom stereocenters. The molecule has 0 spiro atoms. The van der Waals surface area contributed by atoms with E-state index in [0.29, 0.717) is 22.3 Å². The number of hydrogen-bond acceptors (Lipinski definition) is 7. The largest absolute Gasteiger partial charge is 0.469 e. The number of hydrogen-bond donors (Lipinski definition) is 0. The van der Waals surface area contributed by atoms with Gasteiger partial charge < -0.3 is 13.9 Å². The van der Waals surface area contributed by atoms with E-state index < -0.39 is 11.9 Å². The van der Waals surface area contributed by atoms with E-state index in [9.17, 15) is 9.59 Å². The molecule has 0 radical (unpaired) electrons. The Morgan fingerprint density at radius 2 is 2.22 bits per heavy atom. The Morgan fingerprint density at radius 1 is 1.39 bits per heavy atom. The fourth-order valence-corrected chi connectivity index (χ4v) is 2.95. The zero-order valence-electron chi connectivity index (χ0n) is 11.9. The minimum Gasteiger partial charge on any atom is -0.469 e. The summed E-state index contributed by atoms with van der Waals surface area (Å²) in [6.45, 7) is 0. The van der Waals surface area contributed by atoms with Crippen LogP contribution < -0.4 is 4.74 Å². The topological polar surface area (TPSA) is 78.6 Å². The number of rotatable bonds is 4. The average molecular weight is 352 g/mol. The maximum atomic E-state index is 12.3. The number of furan rings is 1. The average Bonchev–Trinajstić information content (AvgIpc) is 3.17. The van der Waals surface area contributed by atoms with Gasteiger partial charge in [0.1, 0.15) is 5.75 Å². The standard InChI is InChI=1S/C15H10ClNO5S/c1-20-12(18)5-9-6-23-7-11(9)22-15(19)10-4-8-2-3-21-13(8)14(16)17-10/h2-4,6-7H,5H2,1H3. The van der Waals surface area contributed by atoms with E-state index in [4.69, 9.17) is 20.8 Å². The Hall–Kier alpha value is -2.38. The van der Waals surface area contributed by atoms with Crippen LogP contribution >= 0.6 is 22.9 Å². The van der Waals surface area contributed by atoms with Gasteiger partial charge in [-0.25, -0.2) is 9.78 Å². The van der Waals surface area contributed by atoms with Gasteiger partial charge in [0, 0.05) is 16.3 Å². The summed E-state index contributed by atoms with van der Waals surface area (Å²) < 4.78 is 15.1. The summed E-state index contributed by atoms with van der Waals surface area (Å²) in [5.74, 6) is -0.781. The molecule has 0 aromatic carbocycles. The van der Waals surface area contributed by atoms with Gasteiger partial charge in [-0.05, 0) is 17.5 Å². The second kappa shape index (κ2) is 6.39. The first-order chi connectivity index (χ1) is 11.1. The zero-order chi connectivity index (χ0) is 16.4. The second-order valence-electron chi connectivity index (χ2n) is 4.54. The smallest absolute Gasteiger partial charge is 0.362 e. The third kappa shape index (κ3) is 3.20. The van der Waals surface area contributed by atoms with Crippen molar-refractivity contribution in [1.82, 2.24) is 4.98 Å². The number of halogens is 1. The molecular formula is C15H10ClNO5S. The Morgan fingerprint density at radius 3 is 3.00 bits per heavy atom. The predicted molar refractivity (Wildman–Crippen MR) is 84.0 cm³/mol. The van der Waals surface area contributed by atoms with Crippen molar-refractivity contribution >= 4 is 45.8 Å². The summed E-state index contributed by atoms with van der Waals surface area (Å²) in [5.41, 5.74) is 1.04. The first-order valence-corrected chi connectivity index (χ1v) is 7.78. The molecule has 8 heteroatoms. The highest BCUT2D eigenvalue weighted by Crippen LogP contribution is 2.27. The van der Waals surface area contributed by atoms with Crippen molar-refractivity contribution < 1.29 is 23.5 Å². The molecule has 0 aliphatic rings. The number of pyridine rings is 1. The Labute approximate surface area is 139 Å². The van der Waals surface area contributed by atoms with Crippen LogP contribution in [0.4, 0.5) is 0 Å². The molecule has 0 aliphatic heterocycles. The fourth-order valence-electron chi connectivity index (χ4n) is 1.95. The molecule has 0 N–H and O–H groups in total. The number of carbonyl (C=O) groups is 2. The Bertz CT molecular complexity index is 885. The van der Waals surface area contributed by atoms with E-state index in [1.807, 2.05) is 0 Å². The van der Waals surface area contributed by atoms with Gasteiger partial charge in [-0.2, -0.15) is 0 Å². The van der Waals surface area contributed by atoms with Crippen molar-refractivity contribution in [1.29, 1.82) is 0 Å². The van der Waals surface area contributed by atoms with E-state index in [1.165, 1.54) is 30.8 Å². The highest BCUT2D eigenvalue weighted by molar-refractivity contribution is 7.08. The summed E-state index contributed by atoms with van der Waals surface area (Å²) in [6, 6.07) is 3.20. The molecule has 0 saturated carbocycles. The maximum Gasteiger partial charge on any atom is 0.362 e. The maximum absolute atomic E-state index is 12.3. The van der Waals surface area contributed by atoms with Crippen LogP contribution in [0.5, 0.6) is 5.75 Å².